The predicted octanol–water partition coefficient (Wildman–Crippen LogP) is 4.11. The van der Waals surface area contributed by atoms with Crippen molar-refractivity contribution < 1.29 is 71.7 Å². The molecule has 0 amide bonds. The quantitative estimate of drug-likeness (QED) is 0.200. The van der Waals surface area contributed by atoms with Crippen LogP contribution in [0.1, 0.15) is 119 Å². The van der Waals surface area contributed by atoms with Gasteiger partial charge in [-0.2, -0.15) is 0 Å². The van der Waals surface area contributed by atoms with E-state index in [-0.39, 0.29) is 58.9 Å². The molecule has 0 saturated heterocycles. The van der Waals surface area contributed by atoms with E-state index in [2.05, 4.69) is 20.8 Å². The summed E-state index contributed by atoms with van der Waals surface area (Å²) < 4.78 is 16.0. The van der Waals surface area contributed by atoms with E-state index in [1.165, 1.54) is 70.6 Å². The average Bonchev–Trinajstić information content (AvgIpc) is 2.49. The summed E-state index contributed by atoms with van der Waals surface area (Å²) >= 11 is 0. The zero-order chi connectivity index (χ0) is 19.0. The largest absolute Gasteiger partial charge is 1.00 e. The van der Waals surface area contributed by atoms with Crippen LogP contribution in [-0.4, -0.2) is 15.9 Å². The molecule has 0 spiro atoms. The molecule has 0 aromatic carbocycles. The summed E-state index contributed by atoms with van der Waals surface area (Å²) in [7, 11) is -4.36. The first kappa shape index (κ1) is 29.9. The van der Waals surface area contributed by atoms with Crippen molar-refractivity contribution in [2.75, 3.05) is 0 Å². The summed E-state index contributed by atoms with van der Waals surface area (Å²) in [6, 6.07) is 0. The van der Waals surface area contributed by atoms with Crippen LogP contribution in [0.4, 0.5) is 0 Å². The summed E-state index contributed by atoms with van der Waals surface area (Å²) in [5.74, 6) is 0.388. The summed E-state index contributed by atoms with van der Waals surface area (Å²) in [5, 5.41) is 0. The van der Waals surface area contributed by atoms with E-state index in [1.54, 1.807) is 0 Å². The van der Waals surface area contributed by atoms with Gasteiger partial charge in [-0.15, -0.1) is 0 Å². The van der Waals surface area contributed by atoms with Gasteiger partial charge in [0.25, 0.3) is 0 Å². The van der Waals surface area contributed by atoms with E-state index in [0.29, 0.717) is 12.3 Å². The summed E-state index contributed by atoms with van der Waals surface area (Å²) in [6.07, 6.45) is 18.1. The van der Waals surface area contributed by atoms with Crippen LogP contribution in [-0.2, 0) is 9.09 Å². The molecule has 4 nitrogen and oxygen atoms in total. The molecule has 0 radical (unpaired) electrons. The fraction of sp³-hybridized carbons (Fsp3) is 1.00. The molecule has 0 aliphatic rings. The van der Waals surface area contributed by atoms with Gasteiger partial charge in [-0.1, -0.05) is 104 Å². The van der Waals surface area contributed by atoms with Crippen LogP contribution in [0, 0.1) is 5.92 Å². The Bertz CT molecular complexity index is 340. The van der Waals surface area contributed by atoms with Crippen LogP contribution < -0.4 is 51.4 Å². The molecule has 0 rings (SSSR count). The zero-order valence-corrected chi connectivity index (χ0v) is 21.9. The van der Waals surface area contributed by atoms with Gasteiger partial charge in [0.15, 0.2) is 0 Å². The van der Waals surface area contributed by atoms with Crippen molar-refractivity contribution in [1.29, 1.82) is 0 Å². The van der Waals surface area contributed by atoms with Gasteiger partial charge in [0.2, 0.25) is 0 Å². The van der Waals surface area contributed by atoms with Crippen LogP contribution in [0.25, 0.3) is 0 Å². The second kappa shape index (κ2) is 20.0. The fourth-order valence-corrected chi connectivity index (χ4v) is 3.90. The van der Waals surface area contributed by atoms with E-state index in [0.717, 1.165) is 19.3 Å². The molecule has 1 atom stereocenters. The number of unbranched alkanes of at least 4 members (excludes halogenated alkanes) is 12. The molecule has 26 heavy (non-hydrogen) atoms. The zero-order valence-electron chi connectivity index (χ0n) is 18.9. The number of rotatable bonds is 18. The summed E-state index contributed by atoms with van der Waals surface area (Å²) in [5.41, 5.74) is 0. The maximum atomic E-state index is 11.0. The Labute approximate surface area is 206 Å². The van der Waals surface area contributed by atoms with Crippen molar-refractivity contribution in [2.45, 2.75) is 123 Å². The van der Waals surface area contributed by atoms with Gasteiger partial charge in [0, 0.05) is 0 Å². The van der Waals surface area contributed by atoms with Gasteiger partial charge >= 0.3 is 59.2 Å². The maximum Gasteiger partial charge on any atom is 1.00 e. The monoisotopic (exact) mass is 418 g/mol. The molecule has 0 aliphatic carbocycles. The van der Waals surface area contributed by atoms with Crippen LogP contribution in [0.15, 0.2) is 0 Å². The smallest absolute Gasteiger partial charge is 1.00 e. The second-order valence-corrected chi connectivity index (χ2v) is 9.07. The summed E-state index contributed by atoms with van der Waals surface area (Å²) in [4.78, 5) is 18.0. The van der Waals surface area contributed by atoms with Gasteiger partial charge in [-0.3, -0.25) is 4.52 Å². The van der Waals surface area contributed by atoms with E-state index in [4.69, 9.17) is 14.3 Å². The molecule has 154 valence electrons. The van der Waals surface area contributed by atoms with Crippen molar-refractivity contribution in [3.8, 4) is 0 Å². The normalized spacial score (nSPS) is 13.0. The minimum atomic E-state index is -4.36. The molecular formula is C20H44KO4P. The number of hydrogen-bond donors (Lipinski definition) is 2. The molecule has 6 heteroatoms. The molecule has 0 bridgehead atoms. The Kier molecular flexibility index (Phi) is 23.1. The molecular weight excluding hydrogens is 374 g/mol. The van der Waals surface area contributed by atoms with Crippen molar-refractivity contribution in [3.05, 3.63) is 0 Å². The van der Waals surface area contributed by atoms with Gasteiger partial charge in [-0.05, 0) is 18.8 Å². The van der Waals surface area contributed by atoms with Crippen molar-refractivity contribution in [2.24, 2.45) is 5.92 Å². The molecule has 0 heterocycles. The Hall–Kier alpha value is 1.75. The third-order valence-corrected chi connectivity index (χ3v) is 5.22. The Morgan fingerprint density at radius 1 is 0.808 bits per heavy atom. The van der Waals surface area contributed by atoms with Crippen molar-refractivity contribution in [1.82, 2.24) is 0 Å². The van der Waals surface area contributed by atoms with Crippen LogP contribution in [0.2, 0.25) is 0 Å². The second-order valence-electron chi connectivity index (χ2n) is 7.88. The SMILES string of the molecule is CCCCCCCCCCCCCCCC(CC(C)C)OP(=O)(O)O.[H-].[K+]. The molecule has 2 N–H and O–H groups in total. The van der Waals surface area contributed by atoms with Gasteiger partial charge < -0.3 is 11.2 Å². The third kappa shape index (κ3) is 23.8. The van der Waals surface area contributed by atoms with Crippen LogP contribution in [0.5, 0.6) is 0 Å². The number of hydrogen-bond acceptors (Lipinski definition) is 2. The molecule has 0 saturated carbocycles. The van der Waals surface area contributed by atoms with Crippen LogP contribution in [0.3, 0.4) is 0 Å². The van der Waals surface area contributed by atoms with Gasteiger partial charge in [-0.25, -0.2) is 4.57 Å². The standard InChI is InChI=1S/C20H43O4P.K.H/c1-4-5-6-7-8-9-10-11-12-13-14-15-16-17-20(18-19(2)3)24-25(21,22)23;;/h19-20H,4-18H2,1-3H3,(H2,21,22,23);;/q;+1;-1. The first-order valence-corrected chi connectivity index (χ1v) is 12.1. The fourth-order valence-electron chi connectivity index (χ4n) is 3.32. The van der Waals surface area contributed by atoms with E-state index in [1.807, 2.05) is 0 Å². The Morgan fingerprint density at radius 3 is 1.54 bits per heavy atom. The average molecular weight is 419 g/mol. The predicted molar refractivity (Wildman–Crippen MR) is 108 cm³/mol. The Morgan fingerprint density at radius 2 is 1.19 bits per heavy atom. The van der Waals surface area contributed by atoms with Crippen molar-refractivity contribution in [3.63, 3.8) is 0 Å². The minimum absolute atomic E-state index is 0. The molecule has 0 aliphatic heterocycles. The van der Waals surface area contributed by atoms with E-state index in [9.17, 15) is 4.57 Å². The van der Waals surface area contributed by atoms with Gasteiger partial charge in [0.1, 0.15) is 0 Å². The van der Waals surface area contributed by atoms with Crippen LogP contribution >= 0.6 is 7.82 Å². The number of phosphoric ester groups is 1. The van der Waals surface area contributed by atoms with Crippen molar-refractivity contribution >= 4 is 7.82 Å². The topological polar surface area (TPSA) is 66.8 Å². The minimum Gasteiger partial charge on any atom is -1.00 e. The molecule has 0 aromatic rings. The Balaban J connectivity index is -0.00000288. The summed E-state index contributed by atoms with van der Waals surface area (Å²) in [6.45, 7) is 6.37. The number of phosphoric acid groups is 1. The third-order valence-electron chi connectivity index (χ3n) is 4.65. The van der Waals surface area contributed by atoms with Gasteiger partial charge in [0.05, 0.1) is 6.10 Å². The van der Waals surface area contributed by atoms with E-state index >= 15 is 0 Å². The molecule has 1 unspecified atom stereocenters. The molecule has 0 fully saturated rings. The molecule has 0 aromatic heterocycles. The first-order valence-electron chi connectivity index (χ1n) is 10.6. The first-order chi connectivity index (χ1) is 11.8. The maximum absolute atomic E-state index is 11.0. The van der Waals surface area contributed by atoms with E-state index < -0.39 is 7.82 Å².